The molecule has 2 aliphatic rings. The van der Waals surface area contributed by atoms with Gasteiger partial charge < -0.3 is 14.4 Å². The number of nitrogens with zero attached hydrogens (tertiary/aromatic N) is 1. The smallest absolute Gasteiger partial charge is 0.326 e. The number of hydrogen-bond donors (Lipinski definition) is 1. The van der Waals surface area contributed by atoms with Crippen molar-refractivity contribution in [2.24, 2.45) is 0 Å². The fourth-order valence-electron chi connectivity index (χ4n) is 3.09. The Morgan fingerprint density at radius 2 is 2.15 bits per heavy atom. The van der Waals surface area contributed by atoms with E-state index in [-0.39, 0.29) is 12.1 Å². The van der Waals surface area contributed by atoms with Crippen LogP contribution in [-0.2, 0) is 14.3 Å². The van der Waals surface area contributed by atoms with Crippen molar-refractivity contribution in [3.05, 3.63) is 0 Å². The lowest BCUT2D eigenvalue weighted by Crippen LogP contribution is -2.60. The number of carbonyl (C=O) groups excluding carboxylic acids is 1. The Kier molecular flexibility index (Phi) is 5.81. The van der Waals surface area contributed by atoms with E-state index in [1.54, 1.807) is 0 Å². The number of ether oxygens (including phenoxy) is 2. The quantitative estimate of drug-likeness (QED) is 0.742. The summed E-state index contributed by atoms with van der Waals surface area (Å²) in [5.74, 6) is -0.0891. The number of rotatable bonds is 6. The third-order valence-electron chi connectivity index (χ3n) is 4.52. The third kappa shape index (κ3) is 3.71. The average Bonchev–Trinajstić information content (AvgIpc) is 2.99. The molecule has 0 amide bonds. The van der Waals surface area contributed by atoms with Crippen LogP contribution in [-0.4, -0.2) is 61.9 Å². The molecule has 0 aromatic heterocycles. The number of hydrogen-bond acceptors (Lipinski definition) is 5. The highest BCUT2D eigenvalue weighted by Crippen LogP contribution is 2.25. The molecule has 2 rings (SSSR count). The molecule has 1 N–H and O–H groups in total. The summed E-state index contributed by atoms with van der Waals surface area (Å²) in [6.45, 7) is 9.03. The fraction of sp³-hybridized carbons (Fsp3) is 0.933. The number of carbonyl (C=O) groups is 1. The first-order valence-electron chi connectivity index (χ1n) is 7.96. The molecule has 0 bridgehead atoms. The van der Waals surface area contributed by atoms with Crippen LogP contribution in [0.2, 0.25) is 0 Å². The van der Waals surface area contributed by atoms with Gasteiger partial charge in [0.1, 0.15) is 5.54 Å². The summed E-state index contributed by atoms with van der Waals surface area (Å²) in [5, 5.41) is 3.48. The van der Waals surface area contributed by atoms with Crippen molar-refractivity contribution in [1.29, 1.82) is 0 Å². The van der Waals surface area contributed by atoms with E-state index in [1.807, 2.05) is 6.92 Å². The minimum atomic E-state index is -0.506. The molecule has 5 heteroatoms. The maximum absolute atomic E-state index is 12.4. The molecular weight excluding hydrogens is 256 g/mol. The van der Waals surface area contributed by atoms with Crippen molar-refractivity contribution in [3.8, 4) is 0 Å². The van der Waals surface area contributed by atoms with Crippen LogP contribution in [0.3, 0.4) is 0 Å². The van der Waals surface area contributed by atoms with Gasteiger partial charge in [-0.15, -0.1) is 0 Å². The van der Waals surface area contributed by atoms with Crippen LogP contribution in [0.4, 0.5) is 0 Å². The average molecular weight is 284 g/mol. The second kappa shape index (κ2) is 7.38. The van der Waals surface area contributed by atoms with Crippen molar-refractivity contribution >= 4 is 5.97 Å². The maximum atomic E-state index is 12.4. The van der Waals surface area contributed by atoms with Gasteiger partial charge in [-0.2, -0.15) is 0 Å². The van der Waals surface area contributed by atoms with Gasteiger partial charge in [0, 0.05) is 26.2 Å². The zero-order valence-electron chi connectivity index (χ0n) is 12.8. The summed E-state index contributed by atoms with van der Waals surface area (Å²) < 4.78 is 11.0. The Hall–Kier alpha value is -0.650. The Bertz CT molecular complexity index is 308. The lowest BCUT2D eigenvalue weighted by atomic mass is 9.87. The van der Waals surface area contributed by atoms with E-state index in [0.29, 0.717) is 6.61 Å². The molecule has 1 atom stereocenters. The van der Waals surface area contributed by atoms with Gasteiger partial charge in [-0.3, -0.25) is 10.1 Å². The molecule has 0 aromatic rings. The Balaban J connectivity index is 1.94. The van der Waals surface area contributed by atoms with Crippen molar-refractivity contribution in [2.75, 3.05) is 39.4 Å². The lowest BCUT2D eigenvalue weighted by molar-refractivity contribution is -0.153. The van der Waals surface area contributed by atoms with Gasteiger partial charge in [0.05, 0.1) is 12.7 Å². The molecule has 0 aromatic carbocycles. The Morgan fingerprint density at radius 1 is 1.40 bits per heavy atom. The molecular formula is C15H28N2O3. The van der Waals surface area contributed by atoms with E-state index in [0.717, 1.165) is 58.5 Å². The zero-order chi connectivity index (χ0) is 14.4. The molecule has 2 saturated heterocycles. The molecule has 1 unspecified atom stereocenters. The monoisotopic (exact) mass is 284 g/mol. The molecule has 0 radical (unpaired) electrons. The normalized spacial score (nSPS) is 26.6. The van der Waals surface area contributed by atoms with Gasteiger partial charge in [-0.25, -0.2) is 0 Å². The third-order valence-corrected chi connectivity index (χ3v) is 4.52. The van der Waals surface area contributed by atoms with Crippen LogP contribution < -0.4 is 5.32 Å². The van der Waals surface area contributed by atoms with Crippen molar-refractivity contribution < 1.29 is 14.3 Å². The number of likely N-dealkylation sites (tertiary alicyclic amines) is 1. The van der Waals surface area contributed by atoms with Gasteiger partial charge in [0.2, 0.25) is 0 Å². The first kappa shape index (κ1) is 15.7. The first-order chi connectivity index (χ1) is 9.70. The number of nitrogens with one attached hydrogen (secondary N) is 1. The SMILES string of the molecule is CCOC(=O)C1(NCC2CCCO2)CCN(CC)CC1. The van der Waals surface area contributed by atoms with Crippen LogP contribution in [0.25, 0.3) is 0 Å². The summed E-state index contributed by atoms with van der Waals surface area (Å²) in [7, 11) is 0. The molecule has 0 spiro atoms. The highest BCUT2D eigenvalue weighted by molar-refractivity contribution is 5.81. The first-order valence-corrected chi connectivity index (χ1v) is 7.96. The van der Waals surface area contributed by atoms with Crippen molar-refractivity contribution in [3.63, 3.8) is 0 Å². The number of esters is 1. The fourth-order valence-corrected chi connectivity index (χ4v) is 3.09. The van der Waals surface area contributed by atoms with E-state index >= 15 is 0 Å². The molecule has 0 aliphatic carbocycles. The minimum absolute atomic E-state index is 0.0891. The van der Waals surface area contributed by atoms with E-state index in [1.165, 1.54) is 0 Å². The van der Waals surface area contributed by atoms with Crippen LogP contribution in [0.1, 0.15) is 39.5 Å². The highest BCUT2D eigenvalue weighted by Gasteiger charge is 2.42. The highest BCUT2D eigenvalue weighted by atomic mass is 16.5. The standard InChI is InChI=1S/C15H28N2O3/c1-3-17-9-7-15(8-10-17,14(18)19-4-2)16-12-13-6-5-11-20-13/h13,16H,3-12H2,1-2H3. The van der Waals surface area contributed by atoms with E-state index in [4.69, 9.17) is 9.47 Å². The van der Waals surface area contributed by atoms with Gasteiger partial charge >= 0.3 is 5.97 Å². The van der Waals surface area contributed by atoms with Gasteiger partial charge in [0.25, 0.3) is 0 Å². The molecule has 20 heavy (non-hydrogen) atoms. The Morgan fingerprint density at radius 3 is 2.70 bits per heavy atom. The maximum Gasteiger partial charge on any atom is 0.326 e. The van der Waals surface area contributed by atoms with E-state index < -0.39 is 5.54 Å². The van der Waals surface area contributed by atoms with Gasteiger partial charge in [0.15, 0.2) is 0 Å². The van der Waals surface area contributed by atoms with Gasteiger partial charge in [-0.05, 0) is 39.2 Å². The topological polar surface area (TPSA) is 50.8 Å². The van der Waals surface area contributed by atoms with E-state index in [2.05, 4.69) is 17.1 Å². The summed E-state index contributed by atoms with van der Waals surface area (Å²) in [4.78, 5) is 14.8. The summed E-state index contributed by atoms with van der Waals surface area (Å²) in [5.41, 5.74) is -0.506. The minimum Gasteiger partial charge on any atom is -0.465 e. The molecule has 0 saturated carbocycles. The van der Waals surface area contributed by atoms with Gasteiger partial charge in [-0.1, -0.05) is 6.92 Å². The predicted molar refractivity (Wildman–Crippen MR) is 77.7 cm³/mol. The van der Waals surface area contributed by atoms with Crippen LogP contribution in [0.15, 0.2) is 0 Å². The van der Waals surface area contributed by atoms with Crippen molar-refractivity contribution in [2.45, 2.75) is 51.2 Å². The Labute approximate surface area is 122 Å². The predicted octanol–water partition coefficient (Wildman–Crippen LogP) is 1.17. The molecule has 116 valence electrons. The van der Waals surface area contributed by atoms with Crippen LogP contribution >= 0.6 is 0 Å². The second-order valence-corrected chi connectivity index (χ2v) is 5.75. The second-order valence-electron chi connectivity index (χ2n) is 5.75. The summed E-state index contributed by atoms with van der Waals surface area (Å²) >= 11 is 0. The molecule has 2 aliphatic heterocycles. The molecule has 2 fully saturated rings. The van der Waals surface area contributed by atoms with E-state index in [9.17, 15) is 4.79 Å². The summed E-state index contributed by atoms with van der Waals surface area (Å²) in [6, 6.07) is 0. The van der Waals surface area contributed by atoms with Crippen LogP contribution in [0, 0.1) is 0 Å². The zero-order valence-corrected chi connectivity index (χ0v) is 12.8. The molecule has 5 nitrogen and oxygen atoms in total. The molecule has 2 heterocycles. The van der Waals surface area contributed by atoms with Crippen molar-refractivity contribution in [1.82, 2.24) is 10.2 Å². The lowest BCUT2D eigenvalue weighted by Gasteiger charge is -2.40. The largest absolute Gasteiger partial charge is 0.465 e. The number of piperidine rings is 1. The summed E-state index contributed by atoms with van der Waals surface area (Å²) in [6.07, 6.45) is 4.12. The van der Waals surface area contributed by atoms with Crippen LogP contribution in [0.5, 0.6) is 0 Å².